The number of carbonyl (C=O) groups excluding carboxylic acids is 1. The Morgan fingerprint density at radius 2 is 1.84 bits per heavy atom. The number of hydrogen-bond donors (Lipinski definition) is 1. The fourth-order valence-electron chi connectivity index (χ4n) is 5.03. The van der Waals surface area contributed by atoms with Gasteiger partial charge in [0.1, 0.15) is 18.8 Å². The molecule has 1 aromatic heterocycles. The third kappa shape index (κ3) is 3.33. The maximum Gasteiger partial charge on any atom is 0.319 e. The zero-order valence-electron chi connectivity index (χ0n) is 17.5. The highest BCUT2D eigenvalue weighted by Crippen LogP contribution is 2.48. The first kappa shape index (κ1) is 19.9. The fraction of sp³-hybridized carbons (Fsp3) is 0.500. The maximum absolute atomic E-state index is 13.4. The molecule has 2 fully saturated rings. The van der Waals surface area contributed by atoms with Gasteiger partial charge in [-0.1, -0.05) is 0 Å². The van der Waals surface area contributed by atoms with Crippen molar-refractivity contribution in [3.05, 3.63) is 35.5 Å². The third-order valence-electron chi connectivity index (χ3n) is 6.40. The summed E-state index contributed by atoms with van der Waals surface area (Å²) < 4.78 is 21.7. The third-order valence-corrected chi connectivity index (χ3v) is 6.40. The highest BCUT2D eigenvalue weighted by Gasteiger charge is 2.51. The van der Waals surface area contributed by atoms with Gasteiger partial charge < -0.3 is 29.0 Å². The van der Waals surface area contributed by atoms with E-state index in [9.17, 15) is 9.90 Å². The lowest BCUT2D eigenvalue weighted by Gasteiger charge is -2.44. The van der Waals surface area contributed by atoms with E-state index in [2.05, 4.69) is 9.97 Å². The number of piperidine rings is 1. The van der Waals surface area contributed by atoms with Crippen LogP contribution in [0, 0.1) is 0 Å². The van der Waals surface area contributed by atoms with Gasteiger partial charge in [0.05, 0.1) is 19.8 Å². The van der Waals surface area contributed by atoms with Crippen molar-refractivity contribution in [1.82, 2.24) is 14.9 Å². The summed E-state index contributed by atoms with van der Waals surface area (Å²) in [5, 5.41) is 11.6. The second-order valence-electron chi connectivity index (χ2n) is 8.18. The van der Waals surface area contributed by atoms with Crippen LogP contribution in [0.4, 0.5) is 0 Å². The number of rotatable bonds is 4. The Morgan fingerprint density at radius 3 is 2.52 bits per heavy atom. The van der Waals surface area contributed by atoms with Crippen molar-refractivity contribution in [2.24, 2.45) is 0 Å². The summed E-state index contributed by atoms with van der Waals surface area (Å²) >= 11 is 0. The fourth-order valence-corrected chi connectivity index (χ4v) is 5.03. The number of ether oxygens (including phenoxy) is 4. The van der Waals surface area contributed by atoms with Gasteiger partial charge in [-0.05, 0) is 31.0 Å². The van der Waals surface area contributed by atoms with Gasteiger partial charge in [-0.3, -0.25) is 4.79 Å². The predicted molar refractivity (Wildman–Crippen MR) is 109 cm³/mol. The molecule has 4 heterocycles. The number of methoxy groups -OCH3 is 2. The molecule has 9 nitrogen and oxygen atoms in total. The zero-order valence-corrected chi connectivity index (χ0v) is 17.5. The summed E-state index contributed by atoms with van der Waals surface area (Å²) in [5.41, 5.74) is -0.0800. The smallest absolute Gasteiger partial charge is 0.319 e. The van der Waals surface area contributed by atoms with Crippen molar-refractivity contribution >= 4 is 5.91 Å². The summed E-state index contributed by atoms with van der Waals surface area (Å²) in [5.74, 6) is 1.49. The first-order valence-corrected chi connectivity index (χ1v) is 10.4. The molecule has 1 amide bonds. The van der Waals surface area contributed by atoms with Crippen LogP contribution in [-0.2, 0) is 5.60 Å². The van der Waals surface area contributed by atoms with E-state index in [1.165, 1.54) is 14.2 Å². The van der Waals surface area contributed by atoms with Crippen molar-refractivity contribution in [1.29, 1.82) is 0 Å². The second-order valence-corrected chi connectivity index (χ2v) is 8.18. The molecule has 0 radical (unpaired) electrons. The van der Waals surface area contributed by atoms with Crippen molar-refractivity contribution < 1.29 is 28.8 Å². The molecule has 2 bridgehead atoms. The van der Waals surface area contributed by atoms with Crippen molar-refractivity contribution in [3.8, 4) is 23.4 Å². The SMILES string of the molecule is COc1ncc(C2(O)CC3CCC(C2)N3C(=O)c2ccc3c(c2)OCCO3)c(OC)n1. The van der Waals surface area contributed by atoms with Crippen LogP contribution in [0.2, 0.25) is 0 Å². The molecular weight excluding hydrogens is 402 g/mol. The average Bonchev–Trinajstić information content (AvgIpc) is 3.09. The molecule has 0 aliphatic carbocycles. The molecule has 5 rings (SSSR count). The molecule has 3 aliphatic rings. The molecule has 164 valence electrons. The summed E-state index contributed by atoms with van der Waals surface area (Å²) in [6, 6.07) is 5.31. The van der Waals surface area contributed by atoms with Crippen LogP contribution in [0.1, 0.15) is 41.6 Å². The Morgan fingerprint density at radius 1 is 1.13 bits per heavy atom. The van der Waals surface area contributed by atoms with Gasteiger partial charge in [0.25, 0.3) is 5.91 Å². The molecule has 9 heteroatoms. The first-order chi connectivity index (χ1) is 15.0. The Balaban J connectivity index is 1.41. The van der Waals surface area contributed by atoms with Crippen LogP contribution < -0.4 is 18.9 Å². The minimum absolute atomic E-state index is 0.0514. The van der Waals surface area contributed by atoms with Crippen LogP contribution in [-0.4, -0.2) is 65.4 Å². The minimum atomic E-state index is -1.17. The summed E-state index contributed by atoms with van der Waals surface area (Å²) in [4.78, 5) is 23.7. The average molecular weight is 427 g/mol. The standard InChI is InChI=1S/C22H25N3O6/c1-28-19-16(12-23-21(24-19)29-2)22(27)10-14-4-5-15(11-22)25(14)20(26)13-3-6-17-18(9-13)31-8-7-30-17/h3,6,9,12,14-15,27H,4-5,7-8,10-11H2,1-2H3. The molecule has 2 saturated heterocycles. The Labute approximate surface area is 179 Å². The van der Waals surface area contributed by atoms with E-state index in [-0.39, 0.29) is 24.0 Å². The van der Waals surface area contributed by atoms with Gasteiger partial charge in [-0.2, -0.15) is 4.98 Å². The number of aliphatic hydroxyl groups is 1. The predicted octanol–water partition coefficient (Wildman–Crippen LogP) is 1.92. The van der Waals surface area contributed by atoms with E-state index >= 15 is 0 Å². The first-order valence-electron chi connectivity index (χ1n) is 10.4. The molecule has 31 heavy (non-hydrogen) atoms. The molecule has 3 aliphatic heterocycles. The number of nitrogens with zero attached hydrogens (tertiary/aromatic N) is 3. The van der Waals surface area contributed by atoms with Crippen molar-refractivity contribution in [2.75, 3.05) is 27.4 Å². The Kier molecular flexibility index (Phi) is 4.85. The lowest BCUT2D eigenvalue weighted by molar-refractivity contribution is -0.0497. The quantitative estimate of drug-likeness (QED) is 0.790. The lowest BCUT2D eigenvalue weighted by atomic mass is 9.81. The number of carbonyl (C=O) groups is 1. The molecule has 0 saturated carbocycles. The number of fused-ring (bicyclic) bond motifs is 3. The molecular formula is C22H25N3O6. The Bertz CT molecular complexity index is 999. The van der Waals surface area contributed by atoms with Crippen molar-refractivity contribution in [2.45, 2.75) is 43.4 Å². The normalized spacial score (nSPS) is 26.5. The number of hydrogen-bond acceptors (Lipinski definition) is 8. The number of amides is 1. The van der Waals surface area contributed by atoms with Crippen LogP contribution in [0.3, 0.4) is 0 Å². The largest absolute Gasteiger partial charge is 0.486 e. The molecule has 2 unspecified atom stereocenters. The molecule has 2 aromatic rings. The molecule has 2 atom stereocenters. The van der Waals surface area contributed by atoms with E-state index < -0.39 is 5.60 Å². The summed E-state index contributed by atoms with van der Waals surface area (Å²) in [7, 11) is 2.98. The highest BCUT2D eigenvalue weighted by molar-refractivity contribution is 5.95. The Hall–Kier alpha value is -3.07. The molecule has 1 aromatic carbocycles. The van der Waals surface area contributed by atoms with E-state index in [1.807, 2.05) is 4.90 Å². The minimum Gasteiger partial charge on any atom is -0.486 e. The zero-order chi connectivity index (χ0) is 21.6. The molecule has 1 N–H and O–H groups in total. The summed E-state index contributed by atoms with van der Waals surface area (Å²) in [6.07, 6.45) is 4.02. The maximum atomic E-state index is 13.4. The van der Waals surface area contributed by atoms with Gasteiger partial charge in [-0.25, -0.2) is 4.98 Å². The monoisotopic (exact) mass is 427 g/mol. The highest BCUT2D eigenvalue weighted by atomic mass is 16.6. The van der Waals surface area contributed by atoms with E-state index in [0.717, 1.165) is 12.8 Å². The van der Waals surface area contributed by atoms with Gasteiger partial charge in [0, 0.05) is 36.7 Å². The topological polar surface area (TPSA) is 103 Å². The summed E-state index contributed by atoms with van der Waals surface area (Å²) in [6.45, 7) is 0.978. The van der Waals surface area contributed by atoms with Crippen LogP contribution >= 0.6 is 0 Å². The number of benzene rings is 1. The lowest BCUT2D eigenvalue weighted by Crippen LogP contribution is -2.52. The van der Waals surface area contributed by atoms with Gasteiger partial charge >= 0.3 is 6.01 Å². The van der Waals surface area contributed by atoms with Crippen LogP contribution in [0.15, 0.2) is 24.4 Å². The van der Waals surface area contributed by atoms with E-state index in [1.54, 1.807) is 24.4 Å². The van der Waals surface area contributed by atoms with Gasteiger partial charge in [-0.15, -0.1) is 0 Å². The van der Waals surface area contributed by atoms with E-state index in [4.69, 9.17) is 18.9 Å². The van der Waals surface area contributed by atoms with Gasteiger partial charge in [0.15, 0.2) is 11.5 Å². The second kappa shape index (κ2) is 7.56. The van der Waals surface area contributed by atoms with Crippen LogP contribution in [0.25, 0.3) is 0 Å². The number of aromatic nitrogens is 2. The van der Waals surface area contributed by atoms with Gasteiger partial charge in [0.2, 0.25) is 5.88 Å². The van der Waals surface area contributed by atoms with Crippen LogP contribution in [0.5, 0.6) is 23.4 Å². The molecule has 0 spiro atoms. The van der Waals surface area contributed by atoms with Crippen molar-refractivity contribution in [3.63, 3.8) is 0 Å². The van der Waals surface area contributed by atoms with E-state index in [0.29, 0.717) is 54.6 Å².